The first-order valence-electron chi connectivity index (χ1n) is 10.1. The van der Waals surface area contributed by atoms with Crippen LogP contribution in [0, 0.1) is 5.92 Å². The standard InChI is InChI=1S/C21H36N4O3.HI/c1-16(2)18(25-10-12-28-13-11-25)15-24-21(22-3)23-9-8-17-6-7-19(26-4)20(14-17)27-5;/h6-7,14,16,18H,8-13,15H2,1-5H3,(H2,22,23,24);1H. The van der Waals surface area contributed by atoms with E-state index in [1.165, 1.54) is 5.56 Å². The summed E-state index contributed by atoms with van der Waals surface area (Å²) in [5, 5.41) is 6.89. The minimum absolute atomic E-state index is 0. The van der Waals surface area contributed by atoms with Crippen molar-refractivity contribution < 1.29 is 14.2 Å². The zero-order valence-electron chi connectivity index (χ0n) is 18.4. The smallest absolute Gasteiger partial charge is 0.191 e. The van der Waals surface area contributed by atoms with Gasteiger partial charge in [-0.05, 0) is 30.0 Å². The number of ether oxygens (including phenoxy) is 3. The number of morpholine rings is 1. The van der Waals surface area contributed by atoms with E-state index in [0.717, 1.165) is 63.3 Å². The Kier molecular flexibility index (Phi) is 12.3. The van der Waals surface area contributed by atoms with Gasteiger partial charge in [0.25, 0.3) is 0 Å². The summed E-state index contributed by atoms with van der Waals surface area (Å²) in [4.78, 5) is 6.88. The monoisotopic (exact) mass is 520 g/mol. The third-order valence-corrected chi connectivity index (χ3v) is 5.14. The van der Waals surface area contributed by atoms with E-state index in [9.17, 15) is 0 Å². The van der Waals surface area contributed by atoms with Crippen molar-refractivity contribution in [1.82, 2.24) is 15.5 Å². The van der Waals surface area contributed by atoms with E-state index >= 15 is 0 Å². The van der Waals surface area contributed by atoms with Crippen molar-refractivity contribution in [2.24, 2.45) is 10.9 Å². The summed E-state index contributed by atoms with van der Waals surface area (Å²) in [5.41, 5.74) is 1.19. The van der Waals surface area contributed by atoms with Crippen LogP contribution in [0.3, 0.4) is 0 Å². The van der Waals surface area contributed by atoms with Crippen molar-refractivity contribution in [3.63, 3.8) is 0 Å². The molecule has 0 amide bonds. The van der Waals surface area contributed by atoms with Crippen molar-refractivity contribution in [2.75, 3.05) is 60.7 Å². The Morgan fingerprint density at radius 3 is 2.41 bits per heavy atom. The molecule has 166 valence electrons. The number of nitrogens with one attached hydrogen (secondary N) is 2. The highest BCUT2D eigenvalue weighted by molar-refractivity contribution is 14.0. The predicted molar refractivity (Wildman–Crippen MR) is 129 cm³/mol. The second-order valence-corrected chi connectivity index (χ2v) is 7.28. The second kappa shape index (κ2) is 13.9. The molecular weight excluding hydrogens is 483 g/mol. The molecule has 1 unspecified atom stereocenters. The molecule has 1 aliphatic rings. The molecule has 29 heavy (non-hydrogen) atoms. The second-order valence-electron chi connectivity index (χ2n) is 7.28. The highest BCUT2D eigenvalue weighted by atomic mass is 127. The summed E-state index contributed by atoms with van der Waals surface area (Å²) in [6, 6.07) is 6.49. The highest BCUT2D eigenvalue weighted by Gasteiger charge is 2.23. The van der Waals surface area contributed by atoms with E-state index in [-0.39, 0.29) is 24.0 Å². The van der Waals surface area contributed by atoms with Crippen LogP contribution in [0.15, 0.2) is 23.2 Å². The third-order valence-electron chi connectivity index (χ3n) is 5.14. The Hall–Kier alpha value is -1.26. The molecule has 0 bridgehead atoms. The van der Waals surface area contributed by atoms with E-state index in [1.54, 1.807) is 14.2 Å². The van der Waals surface area contributed by atoms with Crippen LogP contribution in [0.5, 0.6) is 11.5 Å². The first-order valence-corrected chi connectivity index (χ1v) is 10.1. The summed E-state index contributed by atoms with van der Waals surface area (Å²) >= 11 is 0. The zero-order valence-corrected chi connectivity index (χ0v) is 20.7. The summed E-state index contributed by atoms with van der Waals surface area (Å²) in [5.74, 6) is 2.90. The average Bonchev–Trinajstić information content (AvgIpc) is 2.72. The topological polar surface area (TPSA) is 67.4 Å². The Morgan fingerprint density at radius 2 is 1.83 bits per heavy atom. The van der Waals surface area contributed by atoms with Crippen LogP contribution in [0.2, 0.25) is 0 Å². The molecule has 1 heterocycles. The maximum absolute atomic E-state index is 5.49. The molecule has 1 aromatic rings. The van der Waals surface area contributed by atoms with Crippen LogP contribution in [0.25, 0.3) is 0 Å². The maximum atomic E-state index is 5.49. The van der Waals surface area contributed by atoms with E-state index in [2.05, 4.69) is 40.4 Å². The summed E-state index contributed by atoms with van der Waals surface area (Å²) in [6.45, 7) is 9.84. The minimum Gasteiger partial charge on any atom is -0.493 e. The van der Waals surface area contributed by atoms with E-state index in [1.807, 2.05) is 19.2 Å². The molecule has 1 saturated heterocycles. The van der Waals surface area contributed by atoms with Gasteiger partial charge in [0.15, 0.2) is 17.5 Å². The van der Waals surface area contributed by atoms with Crippen molar-refractivity contribution in [2.45, 2.75) is 26.3 Å². The van der Waals surface area contributed by atoms with Gasteiger partial charge in [-0.1, -0.05) is 19.9 Å². The fraction of sp³-hybridized carbons (Fsp3) is 0.667. The van der Waals surface area contributed by atoms with Gasteiger partial charge in [-0.3, -0.25) is 9.89 Å². The molecule has 0 aliphatic carbocycles. The summed E-state index contributed by atoms with van der Waals surface area (Å²) in [7, 11) is 5.12. The van der Waals surface area contributed by atoms with E-state index in [0.29, 0.717) is 12.0 Å². The molecule has 2 rings (SSSR count). The van der Waals surface area contributed by atoms with Gasteiger partial charge in [0.2, 0.25) is 0 Å². The van der Waals surface area contributed by atoms with Gasteiger partial charge in [-0.15, -0.1) is 24.0 Å². The lowest BCUT2D eigenvalue weighted by molar-refractivity contribution is 0.00752. The summed E-state index contributed by atoms with van der Waals surface area (Å²) in [6.07, 6.45) is 0.873. The molecule has 1 aliphatic heterocycles. The zero-order chi connectivity index (χ0) is 20.4. The largest absolute Gasteiger partial charge is 0.493 e. The summed E-state index contributed by atoms with van der Waals surface area (Å²) < 4.78 is 16.2. The SMILES string of the molecule is CN=C(NCCc1ccc(OC)c(OC)c1)NCC(C(C)C)N1CCOCC1.I. The molecule has 0 saturated carbocycles. The molecule has 2 N–H and O–H groups in total. The first kappa shape index (κ1) is 25.8. The Morgan fingerprint density at radius 1 is 1.14 bits per heavy atom. The highest BCUT2D eigenvalue weighted by Crippen LogP contribution is 2.27. The van der Waals surface area contributed by atoms with Crippen LogP contribution in [-0.4, -0.2) is 77.6 Å². The average molecular weight is 520 g/mol. The molecule has 0 radical (unpaired) electrons. The van der Waals surface area contributed by atoms with Crippen LogP contribution in [-0.2, 0) is 11.2 Å². The quantitative estimate of drug-likeness (QED) is 0.296. The van der Waals surface area contributed by atoms with Crippen molar-refractivity contribution >= 4 is 29.9 Å². The van der Waals surface area contributed by atoms with Gasteiger partial charge in [-0.25, -0.2) is 0 Å². The number of rotatable bonds is 9. The van der Waals surface area contributed by atoms with E-state index < -0.39 is 0 Å². The van der Waals surface area contributed by atoms with Gasteiger partial charge >= 0.3 is 0 Å². The third kappa shape index (κ3) is 8.18. The van der Waals surface area contributed by atoms with Crippen LogP contribution < -0.4 is 20.1 Å². The number of nitrogens with zero attached hydrogens (tertiary/aromatic N) is 2. The lowest BCUT2D eigenvalue weighted by Gasteiger charge is -2.37. The number of aliphatic imine (C=N–C) groups is 1. The molecular formula is C21H37IN4O3. The number of guanidine groups is 1. The molecule has 8 heteroatoms. The molecule has 7 nitrogen and oxygen atoms in total. The number of halogens is 1. The fourth-order valence-corrected chi connectivity index (χ4v) is 3.48. The molecule has 0 aromatic heterocycles. The van der Waals surface area contributed by atoms with Crippen molar-refractivity contribution in [3.8, 4) is 11.5 Å². The van der Waals surface area contributed by atoms with Crippen molar-refractivity contribution in [1.29, 1.82) is 0 Å². The molecule has 1 fully saturated rings. The first-order chi connectivity index (χ1) is 13.6. The normalized spacial score (nSPS) is 16.1. The molecule has 1 aromatic carbocycles. The maximum Gasteiger partial charge on any atom is 0.191 e. The number of benzene rings is 1. The van der Waals surface area contributed by atoms with Crippen LogP contribution >= 0.6 is 24.0 Å². The molecule has 1 atom stereocenters. The van der Waals surface area contributed by atoms with Gasteiger partial charge in [0.05, 0.1) is 27.4 Å². The Balaban J connectivity index is 0.00000420. The van der Waals surface area contributed by atoms with E-state index in [4.69, 9.17) is 14.2 Å². The fourth-order valence-electron chi connectivity index (χ4n) is 3.48. The van der Waals surface area contributed by atoms with Gasteiger partial charge in [-0.2, -0.15) is 0 Å². The lowest BCUT2D eigenvalue weighted by atomic mass is 10.0. The Labute approximate surface area is 192 Å². The van der Waals surface area contributed by atoms with Crippen molar-refractivity contribution in [3.05, 3.63) is 23.8 Å². The van der Waals surface area contributed by atoms with Crippen LogP contribution in [0.1, 0.15) is 19.4 Å². The Bertz CT molecular complexity index is 622. The van der Waals surface area contributed by atoms with Gasteiger partial charge in [0.1, 0.15) is 0 Å². The lowest BCUT2D eigenvalue weighted by Crippen LogP contribution is -2.52. The number of hydrogen-bond donors (Lipinski definition) is 2. The number of hydrogen-bond acceptors (Lipinski definition) is 5. The van der Waals surface area contributed by atoms with Crippen LogP contribution in [0.4, 0.5) is 0 Å². The predicted octanol–water partition coefficient (Wildman–Crippen LogP) is 2.39. The molecule has 0 spiro atoms. The number of methoxy groups -OCH3 is 2. The van der Waals surface area contributed by atoms with Gasteiger partial charge in [0, 0.05) is 39.3 Å². The van der Waals surface area contributed by atoms with Gasteiger partial charge < -0.3 is 24.8 Å². The minimum atomic E-state index is 0.